The van der Waals surface area contributed by atoms with Crippen LogP contribution in [0.2, 0.25) is 5.02 Å². The summed E-state index contributed by atoms with van der Waals surface area (Å²) in [5.74, 6) is -0.340. The van der Waals surface area contributed by atoms with Crippen molar-refractivity contribution in [3.05, 3.63) is 52.0 Å². The van der Waals surface area contributed by atoms with E-state index in [2.05, 4.69) is 22.5 Å². The summed E-state index contributed by atoms with van der Waals surface area (Å²) in [6.45, 7) is 7.38. The van der Waals surface area contributed by atoms with Gasteiger partial charge in [0.05, 0.1) is 16.3 Å². The number of thioether (sulfide) groups is 1. The lowest BCUT2D eigenvalue weighted by Crippen LogP contribution is -2.62. The van der Waals surface area contributed by atoms with Crippen molar-refractivity contribution in [1.29, 1.82) is 0 Å². The molecule has 4 heterocycles. The first-order valence-electron chi connectivity index (χ1n) is 11.6. The average Bonchev–Trinajstić information content (AvgIpc) is 3.20. The van der Waals surface area contributed by atoms with Gasteiger partial charge in [0.25, 0.3) is 5.91 Å². The van der Waals surface area contributed by atoms with E-state index in [1.165, 1.54) is 17.8 Å². The summed E-state index contributed by atoms with van der Waals surface area (Å²) in [5.41, 5.74) is 2.41. The molecule has 1 aromatic carbocycles. The molecule has 8 nitrogen and oxygen atoms in total. The lowest BCUT2D eigenvalue weighted by atomic mass is 9.86. The molecule has 0 saturated carbocycles. The number of benzene rings is 1. The molecule has 3 saturated heterocycles. The van der Waals surface area contributed by atoms with E-state index < -0.39 is 0 Å². The van der Waals surface area contributed by atoms with E-state index in [0.717, 1.165) is 37.1 Å². The molecule has 10 heteroatoms. The zero-order valence-electron chi connectivity index (χ0n) is 19.0. The van der Waals surface area contributed by atoms with Crippen molar-refractivity contribution < 1.29 is 14.4 Å². The number of rotatable bonds is 4. The first-order valence-corrected chi connectivity index (χ1v) is 12.9. The Bertz CT molecular complexity index is 1090. The van der Waals surface area contributed by atoms with Gasteiger partial charge in [-0.05, 0) is 56.5 Å². The molecule has 1 aromatic rings. The number of anilines is 1. The zero-order valence-corrected chi connectivity index (χ0v) is 20.5. The van der Waals surface area contributed by atoms with Gasteiger partial charge in [-0.25, -0.2) is 4.79 Å². The minimum Gasteiger partial charge on any atom is -0.347 e. The van der Waals surface area contributed by atoms with Crippen LogP contribution in [-0.4, -0.2) is 59.8 Å². The van der Waals surface area contributed by atoms with Crippen LogP contribution in [0.4, 0.5) is 10.5 Å². The molecule has 34 heavy (non-hydrogen) atoms. The van der Waals surface area contributed by atoms with Crippen LogP contribution >= 0.6 is 23.4 Å². The normalized spacial score (nSPS) is 28.4. The van der Waals surface area contributed by atoms with Crippen LogP contribution in [0.1, 0.15) is 24.8 Å². The number of likely N-dealkylation sites (tertiary alicyclic amines) is 1. The van der Waals surface area contributed by atoms with Crippen LogP contribution in [0.3, 0.4) is 0 Å². The first kappa shape index (κ1) is 23.3. The highest BCUT2D eigenvalue weighted by Gasteiger charge is 2.51. The highest BCUT2D eigenvalue weighted by Crippen LogP contribution is 2.48. The Morgan fingerprint density at radius 1 is 1.32 bits per heavy atom. The monoisotopic (exact) mass is 501 g/mol. The Hall–Kier alpha value is -2.49. The van der Waals surface area contributed by atoms with E-state index in [-0.39, 0.29) is 41.2 Å². The standard InChI is InChI=1S/C24H28ClN5O3S/c1-3-18(31)29-10-4-5-14(12-29)27-22(32)21-20-19-17(8-9-26-23(19)34-21)30(24(33)28-20)15-7-6-13(2)16(25)11-15/h3,6-7,11,14,17,19,23,26H,1,4-5,8-10,12H2,2H3,(H,27,32)(H,28,33)/t14-,17?,19?,23?/m1/s1. The van der Waals surface area contributed by atoms with Gasteiger partial charge in [-0.15, -0.1) is 0 Å². The number of amides is 4. The number of carbonyl (C=O) groups excluding carboxylic acids is 3. The van der Waals surface area contributed by atoms with Gasteiger partial charge in [0.1, 0.15) is 0 Å². The van der Waals surface area contributed by atoms with Gasteiger partial charge in [0.15, 0.2) is 0 Å². The van der Waals surface area contributed by atoms with Gasteiger partial charge in [-0.2, -0.15) is 0 Å². The summed E-state index contributed by atoms with van der Waals surface area (Å²) < 4.78 is 0. The fourth-order valence-corrected chi connectivity index (χ4v) is 6.90. The third-order valence-electron chi connectivity index (χ3n) is 7.02. The Balaban J connectivity index is 1.38. The van der Waals surface area contributed by atoms with E-state index in [1.807, 2.05) is 25.1 Å². The van der Waals surface area contributed by atoms with Crippen LogP contribution in [0.25, 0.3) is 0 Å². The fourth-order valence-electron chi connectivity index (χ4n) is 5.33. The molecule has 0 radical (unpaired) electrons. The van der Waals surface area contributed by atoms with Crippen LogP contribution in [0.15, 0.2) is 41.5 Å². The number of nitrogens with zero attached hydrogens (tertiary/aromatic N) is 2. The highest BCUT2D eigenvalue weighted by atomic mass is 35.5. The van der Waals surface area contributed by atoms with Crippen molar-refractivity contribution in [3.63, 3.8) is 0 Å². The largest absolute Gasteiger partial charge is 0.347 e. The fraction of sp³-hybridized carbons (Fsp3) is 0.458. The molecule has 180 valence electrons. The van der Waals surface area contributed by atoms with Gasteiger partial charge in [-0.3, -0.25) is 14.5 Å². The van der Waals surface area contributed by atoms with Crippen molar-refractivity contribution in [2.75, 3.05) is 24.5 Å². The van der Waals surface area contributed by atoms with Crippen LogP contribution in [0, 0.1) is 12.8 Å². The summed E-state index contributed by atoms with van der Waals surface area (Å²) in [6.07, 6.45) is 3.72. The quantitative estimate of drug-likeness (QED) is 0.552. The van der Waals surface area contributed by atoms with Crippen molar-refractivity contribution in [2.45, 2.75) is 43.6 Å². The summed E-state index contributed by atoms with van der Waals surface area (Å²) in [5, 5.41) is 10.2. The molecule has 4 amide bonds. The van der Waals surface area contributed by atoms with Gasteiger partial charge >= 0.3 is 6.03 Å². The molecule has 0 aromatic heterocycles. The van der Waals surface area contributed by atoms with Gasteiger partial charge in [0, 0.05) is 41.5 Å². The molecule has 4 aliphatic rings. The second-order valence-corrected chi connectivity index (χ2v) is 10.7. The predicted octanol–water partition coefficient (Wildman–Crippen LogP) is 2.73. The van der Waals surface area contributed by atoms with Crippen LogP contribution < -0.4 is 20.9 Å². The molecule has 0 spiro atoms. The highest BCUT2D eigenvalue weighted by molar-refractivity contribution is 8.04. The second-order valence-electron chi connectivity index (χ2n) is 9.15. The molecule has 0 aliphatic carbocycles. The number of hydrogen-bond acceptors (Lipinski definition) is 5. The summed E-state index contributed by atoms with van der Waals surface area (Å²) in [7, 11) is 0. The molecular formula is C24H28ClN5O3S. The number of nitrogens with one attached hydrogen (secondary N) is 3. The van der Waals surface area contributed by atoms with Crippen molar-refractivity contribution >= 4 is 46.9 Å². The molecule has 0 bridgehead atoms. The predicted molar refractivity (Wildman–Crippen MR) is 133 cm³/mol. The minimum absolute atomic E-state index is 0.00344. The number of halogens is 1. The van der Waals surface area contributed by atoms with Crippen molar-refractivity contribution in [2.24, 2.45) is 5.92 Å². The van der Waals surface area contributed by atoms with E-state index in [0.29, 0.717) is 28.7 Å². The maximum atomic E-state index is 13.3. The Labute approximate surface area is 208 Å². The topological polar surface area (TPSA) is 93.8 Å². The molecular weight excluding hydrogens is 474 g/mol. The van der Waals surface area contributed by atoms with Crippen molar-refractivity contribution in [1.82, 2.24) is 20.9 Å². The Morgan fingerprint density at radius 2 is 2.15 bits per heavy atom. The molecule has 5 rings (SSSR count). The lowest BCUT2D eigenvalue weighted by molar-refractivity contribution is -0.128. The maximum absolute atomic E-state index is 13.3. The van der Waals surface area contributed by atoms with E-state index in [4.69, 9.17) is 11.6 Å². The molecule has 4 aliphatic heterocycles. The molecule has 3 unspecified atom stereocenters. The van der Waals surface area contributed by atoms with E-state index >= 15 is 0 Å². The Morgan fingerprint density at radius 3 is 2.91 bits per heavy atom. The SMILES string of the molecule is C=CC(=O)N1CCC[C@@H](NC(=O)C2=C3NC(=O)N(c4ccc(C)c(Cl)c4)C4CCNC(S2)C34)C1. The van der Waals surface area contributed by atoms with Gasteiger partial charge in [0.2, 0.25) is 5.91 Å². The number of carbonyl (C=O) groups is 3. The third kappa shape index (κ3) is 4.10. The first-order chi connectivity index (χ1) is 16.4. The Kier molecular flexibility index (Phi) is 6.35. The number of urea groups is 1. The van der Waals surface area contributed by atoms with Crippen molar-refractivity contribution in [3.8, 4) is 0 Å². The van der Waals surface area contributed by atoms with Gasteiger partial charge < -0.3 is 20.9 Å². The summed E-state index contributed by atoms with van der Waals surface area (Å²) in [4.78, 5) is 42.6. The summed E-state index contributed by atoms with van der Waals surface area (Å²) >= 11 is 7.83. The zero-order chi connectivity index (χ0) is 24.0. The smallest absolute Gasteiger partial charge is 0.326 e. The summed E-state index contributed by atoms with van der Waals surface area (Å²) in [6, 6.07) is 5.23. The van der Waals surface area contributed by atoms with E-state index in [1.54, 1.807) is 9.80 Å². The van der Waals surface area contributed by atoms with Crippen LogP contribution in [-0.2, 0) is 9.59 Å². The van der Waals surface area contributed by atoms with Crippen LogP contribution in [0.5, 0.6) is 0 Å². The number of piperidine rings is 2. The van der Waals surface area contributed by atoms with E-state index in [9.17, 15) is 14.4 Å². The lowest BCUT2D eigenvalue weighted by Gasteiger charge is -2.45. The minimum atomic E-state index is -0.245. The second kappa shape index (κ2) is 9.28. The molecule has 3 N–H and O–H groups in total. The number of aryl methyl sites for hydroxylation is 1. The molecule has 3 fully saturated rings. The average molecular weight is 502 g/mol. The van der Waals surface area contributed by atoms with Gasteiger partial charge in [-0.1, -0.05) is 36.0 Å². The third-order valence-corrected chi connectivity index (χ3v) is 8.79. The molecule has 4 atom stereocenters. The maximum Gasteiger partial charge on any atom is 0.326 e. The number of hydrogen-bond donors (Lipinski definition) is 3.